The Balaban J connectivity index is 0.000000224. The number of rotatable bonds is 4. The molecule has 2 N–H and O–H groups in total. The summed E-state index contributed by atoms with van der Waals surface area (Å²) in [4.78, 5) is 21.4. The van der Waals surface area contributed by atoms with E-state index in [2.05, 4.69) is 27.3 Å². The van der Waals surface area contributed by atoms with E-state index in [0.717, 1.165) is 9.99 Å². The standard InChI is InChI=1S/C10H12O2.C7H6INO/c1-12-10(11)8-7-9-5-3-2-4-6-9;8-6-4-2-1-3-5(6)7(9)10/h2-6H,7-8H2,1H3;1-4H,(H2,9,10). The Morgan fingerprint density at radius 3 is 2.14 bits per heavy atom. The van der Waals surface area contributed by atoms with Gasteiger partial charge in [0.2, 0.25) is 5.91 Å². The number of methoxy groups -OCH3 is 1. The number of esters is 1. The van der Waals surface area contributed by atoms with Crippen LogP contribution < -0.4 is 5.73 Å². The highest BCUT2D eigenvalue weighted by Crippen LogP contribution is 2.09. The molecule has 1 amide bonds. The monoisotopic (exact) mass is 411 g/mol. The molecule has 0 heterocycles. The van der Waals surface area contributed by atoms with E-state index >= 15 is 0 Å². The van der Waals surface area contributed by atoms with E-state index in [1.807, 2.05) is 42.5 Å². The quantitative estimate of drug-likeness (QED) is 0.621. The second-order valence-electron chi connectivity index (χ2n) is 4.41. The number of carbonyl (C=O) groups excluding carboxylic acids is 2. The molecule has 0 radical (unpaired) electrons. The van der Waals surface area contributed by atoms with Gasteiger partial charge in [0.15, 0.2) is 0 Å². The van der Waals surface area contributed by atoms with Crippen molar-refractivity contribution in [1.82, 2.24) is 0 Å². The van der Waals surface area contributed by atoms with Crippen LogP contribution in [0.15, 0.2) is 54.6 Å². The summed E-state index contributed by atoms with van der Waals surface area (Å²) < 4.78 is 5.43. The lowest BCUT2D eigenvalue weighted by atomic mass is 10.1. The van der Waals surface area contributed by atoms with E-state index in [9.17, 15) is 9.59 Å². The van der Waals surface area contributed by atoms with E-state index in [1.165, 1.54) is 12.7 Å². The molecule has 0 unspecified atom stereocenters. The summed E-state index contributed by atoms with van der Waals surface area (Å²) in [5.74, 6) is -0.524. The molecule has 0 aliphatic rings. The van der Waals surface area contributed by atoms with Gasteiger partial charge < -0.3 is 10.5 Å². The Hall–Kier alpha value is -1.89. The number of benzene rings is 2. The van der Waals surface area contributed by atoms with Gasteiger partial charge in [0.1, 0.15) is 0 Å². The minimum absolute atomic E-state index is 0.154. The van der Waals surface area contributed by atoms with Crippen molar-refractivity contribution in [3.8, 4) is 0 Å². The molecule has 22 heavy (non-hydrogen) atoms. The van der Waals surface area contributed by atoms with Crippen molar-refractivity contribution in [1.29, 1.82) is 0 Å². The summed E-state index contributed by atoms with van der Waals surface area (Å²) in [6.45, 7) is 0. The van der Waals surface area contributed by atoms with Gasteiger partial charge in [-0.15, -0.1) is 0 Å². The van der Waals surface area contributed by atoms with Crippen LogP contribution in [0, 0.1) is 3.57 Å². The van der Waals surface area contributed by atoms with Crippen LogP contribution >= 0.6 is 22.6 Å². The Morgan fingerprint density at radius 2 is 1.64 bits per heavy atom. The first-order valence-electron chi connectivity index (χ1n) is 6.69. The van der Waals surface area contributed by atoms with Crippen molar-refractivity contribution in [3.63, 3.8) is 0 Å². The van der Waals surface area contributed by atoms with Crippen molar-refractivity contribution in [2.75, 3.05) is 7.11 Å². The molecule has 0 spiro atoms. The maximum atomic E-state index is 10.8. The summed E-state index contributed by atoms with van der Waals surface area (Å²) in [5, 5.41) is 0. The number of hydrogen-bond donors (Lipinski definition) is 1. The van der Waals surface area contributed by atoms with E-state index < -0.39 is 0 Å². The van der Waals surface area contributed by atoms with E-state index in [4.69, 9.17) is 5.73 Å². The van der Waals surface area contributed by atoms with Crippen LogP contribution in [0.5, 0.6) is 0 Å². The SMILES string of the molecule is COC(=O)CCc1ccccc1.NC(=O)c1ccccc1I. The molecule has 0 bridgehead atoms. The van der Waals surface area contributed by atoms with Gasteiger partial charge in [-0.2, -0.15) is 0 Å². The second-order valence-corrected chi connectivity index (χ2v) is 5.57. The Morgan fingerprint density at radius 1 is 1.05 bits per heavy atom. The molecule has 0 saturated heterocycles. The van der Waals surface area contributed by atoms with Crippen LogP contribution in [0.2, 0.25) is 0 Å². The molecule has 2 aromatic carbocycles. The highest BCUT2D eigenvalue weighted by atomic mass is 127. The van der Waals surface area contributed by atoms with E-state index in [1.54, 1.807) is 12.1 Å². The topological polar surface area (TPSA) is 69.4 Å². The summed E-state index contributed by atoms with van der Waals surface area (Å²) in [6, 6.07) is 17.1. The molecule has 0 aliphatic heterocycles. The van der Waals surface area contributed by atoms with Crippen LogP contribution in [-0.4, -0.2) is 19.0 Å². The van der Waals surface area contributed by atoms with Gasteiger partial charge in [0.25, 0.3) is 0 Å². The van der Waals surface area contributed by atoms with Crippen molar-refractivity contribution in [2.24, 2.45) is 5.73 Å². The lowest BCUT2D eigenvalue weighted by Crippen LogP contribution is -2.12. The number of aryl methyl sites for hydroxylation is 1. The molecule has 4 nitrogen and oxygen atoms in total. The zero-order valence-electron chi connectivity index (χ0n) is 12.3. The predicted octanol–water partition coefficient (Wildman–Crippen LogP) is 3.18. The fraction of sp³-hybridized carbons (Fsp3) is 0.176. The van der Waals surface area contributed by atoms with Gasteiger partial charge in [0, 0.05) is 9.99 Å². The van der Waals surface area contributed by atoms with E-state index in [0.29, 0.717) is 12.0 Å². The first-order valence-corrected chi connectivity index (χ1v) is 7.77. The first-order chi connectivity index (χ1) is 10.5. The number of primary amides is 1. The minimum atomic E-state index is -0.370. The Bertz CT molecular complexity index is 614. The van der Waals surface area contributed by atoms with Crippen molar-refractivity contribution < 1.29 is 14.3 Å². The molecule has 2 aromatic rings. The molecular weight excluding hydrogens is 393 g/mol. The minimum Gasteiger partial charge on any atom is -0.469 e. The maximum Gasteiger partial charge on any atom is 0.305 e. The van der Waals surface area contributed by atoms with E-state index in [-0.39, 0.29) is 11.9 Å². The Labute approximate surface area is 143 Å². The molecule has 5 heteroatoms. The Kier molecular flexibility index (Phi) is 8.21. The fourth-order valence-corrected chi connectivity index (χ4v) is 2.31. The molecular formula is C17H18INO3. The van der Waals surface area contributed by atoms with Gasteiger partial charge in [-0.3, -0.25) is 9.59 Å². The van der Waals surface area contributed by atoms with Crippen LogP contribution in [0.3, 0.4) is 0 Å². The molecule has 0 fully saturated rings. The maximum absolute atomic E-state index is 10.8. The predicted molar refractivity (Wildman–Crippen MR) is 94.5 cm³/mol. The van der Waals surface area contributed by atoms with Crippen molar-refractivity contribution >= 4 is 34.5 Å². The number of carbonyl (C=O) groups is 2. The number of hydrogen-bond acceptors (Lipinski definition) is 3. The molecule has 0 aromatic heterocycles. The molecule has 0 atom stereocenters. The van der Waals surface area contributed by atoms with Gasteiger partial charge in [-0.25, -0.2) is 0 Å². The smallest absolute Gasteiger partial charge is 0.305 e. The van der Waals surface area contributed by atoms with Gasteiger partial charge in [0.05, 0.1) is 12.7 Å². The largest absolute Gasteiger partial charge is 0.469 e. The number of ether oxygens (including phenoxy) is 1. The van der Waals surface area contributed by atoms with Gasteiger partial charge >= 0.3 is 5.97 Å². The number of halogens is 1. The average Bonchev–Trinajstić information content (AvgIpc) is 2.54. The zero-order chi connectivity index (χ0) is 16.4. The van der Waals surface area contributed by atoms with Crippen LogP contribution in [-0.2, 0) is 16.0 Å². The second kappa shape index (κ2) is 9.94. The highest BCUT2D eigenvalue weighted by Gasteiger charge is 2.02. The third kappa shape index (κ3) is 6.71. The van der Waals surface area contributed by atoms with Crippen LogP contribution in [0.25, 0.3) is 0 Å². The lowest BCUT2D eigenvalue weighted by Gasteiger charge is -1.98. The number of amides is 1. The van der Waals surface area contributed by atoms with Crippen LogP contribution in [0.4, 0.5) is 0 Å². The highest BCUT2D eigenvalue weighted by molar-refractivity contribution is 14.1. The zero-order valence-corrected chi connectivity index (χ0v) is 14.4. The first kappa shape index (κ1) is 18.2. The summed E-state index contributed by atoms with van der Waals surface area (Å²) in [6.07, 6.45) is 1.22. The normalized spacial score (nSPS) is 9.36. The average molecular weight is 411 g/mol. The molecule has 0 saturated carbocycles. The van der Waals surface area contributed by atoms with Crippen LogP contribution in [0.1, 0.15) is 22.3 Å². The van der Waals surface area contributed by atoms with Gasteiger partial charge in [-0.1, -0.05) is 42.5 Å². The number of nitrogens with two attached hydrogens (primary N) is 1. The third-order valence-electron chi connectivity index (χ3n) is 2.83. The third-order valence-corrected chi connectivity index (χ3v) is 3.77. The van der Waals surface area contributed by atoms with Crippen molar-refractivity contribution in [2.45, 2.75) is 12.8 Å². The summed E-state index contributed by atoms with van der Waals surface area (Å²) in [5.41, 5.74) is 6.83. The molecule has 2 rings (SSSR count). The van der Waals surface area contributed by atoms with Crippen molar-refractivity contribution in [3.05, 3.63) is 69.3 Å². The molecule has 116 valence electrons. The van der Waals surface area contributed by atoms with Gasteiger partial charge in [-0.05, 0) is 46.7 Å². The lowest BCUT2D eigenvalue weighted by molar-refractivity contribution is -0.140. The molecule has 0 aliphatic carbocycles. The fourth-order valence-electron chi connectivity index (χ4n) is 1.65. The summed E-state index contributed by atoms with van der Waals surface area (Å²) in [7, 11) is 1.41. The summed E-state index contributed by atoms with van der Waals surface area (Å²) >= 11 is 2.07.